The quantitative estimate of drug-likeness (QED) is 0.384. The van der Waals surface area contributed by atoms with Crippen molar-refractivity contribution in [3.63, 3.8) is 0 Å². The lowest BCUT2D eigenvalue weighted by Crippen LogP contribution is -2.25. The minimum atomic E-state index is -0.529. The number of likely N-dealkylation sites (tertiary alicyclic amines) is 1. The van der Waals surface area contributed by atoms with Gasteiger partial charge in [-0.25, -0.2) is 10.00 Å². The summed E-state index contributed by atoms with van der Waals surface area (Å²) in [6, 6.07) is 15.0. The second-order valence-corrected chi connectivity index (χ2v) is 7.51. The van der Waals surface area contributed by atoms with Crippen molar-refractivity contribution in [2.24, 2.45) is 0 Å². The first-order valence-electron chi connectivity index (χ1n) is 10.0. The Bertz CT molecular complexity index is 1020. The lowest BCUT2D eigenvalue weighted by molar-refractivity contribution is -0.124. The monoisotopic (exact) mass is 390 g/mol. The van der Waals surface area contributed by atoms with E-state index in [-0.39, 0.29) is 0 Å². The summed E-state index contributed by atoms with van der Waals surface area (Å²) < 4.78 is 1.97. The van der Waals surface area contributed by atoms with Crippen LogP contribution in [0.2, 0.25) is 0 Å². The fraction of sp³-hybridized carbons (Fsp3) is 0.304. The Kier molecular flexibility index (Phi) is 5.74. The molecule has 1 fully saturated rings. The van der Waals surface area contributed by atoms with Crippen LogP contribution >= 0.6 is 0 Å². The number of aryl methyl sites for hydroxylation is 1. The van der Waals surface area contributed by atoms with Crippen molar-refractivity contribution in [1.29, 1.82) is 0 Å². The number of carbonyl (C=O) groups is 1. The van der Waals surface area contributed by atoms with E-state index in [0.717, 1.165) is 37.2 Å². The van der Waals surface area contributed by atoms with Gasteiger partial charge in [-0.1, -0.05) is 30.3 Å². The third kappa shape index (κ3) is 4.23. The molecule has 1 saturated heterocycles. The van der Waals surface area contributed by atoms with Gasteiger partial charge in [0.05, 0.1) is 11.2 Å². The zero-order valence-corrected chi connectivity index (χ0v) is 16.6. The first-order valence-corrected chi connectivity index (χ1v) is 10.0. The van der Waals surface area contributed by atoms with Crippen molar-refractivity contribution < 1.29 is 10.0 Å². The molecule has 1 atom stereocenters. The first-order chi connectivity index (χ1) is 14.2. The average Bonchev–Trinajstić information content (AvgIpc) is 3.34. The molecule has 1 amide bonds. The van der Waals surface area contributed by atoms with Gasteiger partial charge in [-0.2, -0.15) is 5.10 Å². The fourth-order valence-electron chi connectivity index (χ4n) is 4.24. The van der Waals surface area contributed by atoms with E-state index in [4.69, 9.17) is 5.21 Å². The van der Waals surface area contributed by atoms with E-state index in [1.807, 2.05) is 28.9 Å². The summed E-state index contributed by atoms with van der Waals surface area (Å²) >= 11 is 0. The summed E-state index contributed by atoms with van der Waals surface area (Å²) in [7, 11) is 0. The number of pyridine rings is 1. The molecule has 0 bridgehead atoms. The SMILES string of the molecule is Cc1nn2ccccc2c1CCN1CCC[C@H]1c1ccc(C=CC(=O)NO)cc1. The van der Waals surface area contributed by atoms with Gasteiger partial charge in [-0.3, -0.25) is 14.9 Å². The number of carbonyl (C=O) groups excluding carboxylic acids is 1. The highest BCUT2D eigenvalue weighted by molar-refractivity contribution is 5.90. The van der Waals surface area contributed by atoms with Crippen LogP contribution in [0.4, 0.5) is 0 Å². The number of nitrogens with zero attached hydrogens (tertiary/aromatic N) is 3. The average molecular weight is 390 g/mol. The molecule has 3 heterocycles. The first kappa shape index (κ1) is 19.4. The van der Waals surface area contributed by atoms with Crippen LogP contribution in [-0.2, 0) is 11.2 Å². The molecule has 1 aliphatic heterocycles. The number of hydroxylamine groups is 1. The molecule has 0 saturated carbocycles. The molecule has 0 spiro atoms. The van der Waals surface area contributed by atoms with Gasteiger partial charge >= 0.3 is 0 Å². The van der Waals surface area contributed by atoms with Crippen LogP contribution in [-0.4, -0.2) is 38.7 Å². The van der Waals surface area contributed by atoms with E-state index >= 15 is 0 Å². The summed E-state index contributed by atoms with van der Waals surface area (Å²) in [6.07, 6.45) is 8.37. The largest absolute Gasteiger partial charge is 0.296 e. The Morgan fingerprint density at radius 2 is 2.10 bits per heavy atom. The molecule has 1 aliphatic rings. The zero-order chi connectivity index (χ0) is 20.2. The van der Waals surface area contributed by atoms with Crippen molar-refractivity contribution >= 4 is 17.5 Å². The summed E-state index contributed by atoms with van der Waals surface area (Å²) in [5, 5.41) is 13.2. The van der Waals surface area contributed by atoms with Gasteiger partial charge in [0.15, 0.2) is 0 Å². The van der Waals surface area contributed by atoms with Crippen molar-refractivity contribution in [3.05, 3.63) is 77.1 Å². The highest BCUT2D eigenvalue weighted by Crippen LogP contribution is 2.32. The highest BCUT2D eigenvalue weighted by atomic mass is 16.5. The van der Waals surface area contributed by atoms with Gasteiger partial charge in [0.2, 0.25) is 0 Å². The third-order valence-electron chi connectivity index (χ3n) is 5.71. The van der Waals surface area contributed by atoms with Crippen LogP contribution in [0.15, 0.2) is 54.7 Å². The number of rotatable bonds is 6. The number of amides is 1. The molecule has 29 heavy (non-hydrogen) atoms. The molecule has 3 aromatic rings. The van der Waals surface area contributed by atoms with E-state index < -0.39 is 5.91 Å². The molecule has 4 rings (SSSR count). The summed E-state index contributed by atoms with van der Waals surface area (Å²) in [4.78, 5) is 13.7. The molecular weight excluding hydrogens is 364 g/mol. The third-order valence-corrected chi connectivity index (χ3v) is 5.71. The molecule has 6 nitrogen and oxygen atoms in total. The smallest absolute Gasteiger partial charge is 0.267 e. The molecule has 0 unspecified atom stereocenters. The van der Waals surface area contributed by atoms with Crippen LogP contribution in [0.3, 0.4) is 0 Å². The molecule has 0 radical (unpaired) electrons. The minimum Gasteiger partial charge on any atom is -0.296 e. The van der Waals surface area contributed by atoms with E-state index in [2.05, 4.69) is 41.2 Å². The number of nitrogens with one attached hydrogen (secondary N) is 1. The Labute approximate surface area is 170 Å². The standard InChI is InChI=1S/C23H26N4O2/c1-17-20(22-5-2-3-15-27(22)24-17)13-16-26-14-4-6-21(26)19-10-7-18(8-11-19)9-12-23(28)25-29/h2-3,5,7-12,15,21,29H,4,6,13-14,16H2,1H3,(H,25,28)/t21-/m0/s1. The topological polar surface area (TPSA) is 69.9 Å². The minimum absolute atomic E-state index is 0.427. The lowest BCUT2D eigenvalue weighted by atomic mass is 10.0. The van der Waals surface area contributed by atoms with Gasteiger partial charge in [0.1, 0.15) is 0 Å². The maximum Gasteiger partial charge on any atom is 0.267 e. The molecular formula is C23H26N4O2. The van der Waals surface area contributed by atoms with Crippen LogP contribution in [0.25, 0.3) is 11.6 Å². The van der Waals surface area contributed by atoms with Crippen LogP contribution in [0, 0.1) is 6.92 Å². The number of hydrogen-bond acceptors (Lipinski definition) is 4. The van der Waals surface area contributed by atoms with Gasteiger partial charge < -0.3 is 0 Å². The van der Waals surface area contributed by atoms with E-state index in [1.165, 1.54) is 29.1 Å². The Balaban J connectivity index is 1.44. The van der Waals surface area contributed by atoms with Crippen molar-refractivity contribution in [3.8, 4) is 0 Å². The predicted octanol–water partition coefficient (Wildman–Crippen LogP) is 3.54. The van der Waals surface area contributed by atoms with Crippen LogP contribution < -0.4 is 5.48 Å². The molecule has 150 valence electrons. The maximum atomic E-state index is 11.1. The molecule has 6 heteroatoms. The Hall–Kier alpha value is -2.96. The van der Waals surface area contributed by atoms with E-state index in [9.17, 15) is 4.79 Å². The zero-order valence-electron chi connectivity index (χ0n) is 16.6. The van der Waals surface area contributed by atoms with Gasteiger partial charge in [0, 0.05) is 30.4 Å². The number of hydrogen-bond donors (Lipinski definition) is 2. The highest BCUT2D eigenvalue weighted by Gasteiger charge is 2.26. The fourth-order valence-corrected chi connectivity index (χ4v) is 4.24. The normalized spacial score (nSPS) is 17.4. The van der Waals surface area contributed by atoms with Gasteiger partial charge in [-0.05, 0) is 62.1 Å². The lowest BCUT2D eigenvalue weighted by Gasteiger charge is -2.25. The van der Waals surface area contributed by atoms with Crippen molar-refractivity contribution in [1.82, 2.24) is 20.0 Å². The van der Waals surface area contributed by atoms with Crippen molar-refractivity contribution in [2.45, 2.75) is 32.2 Å². The number of fused-ring (bicyclic) bond motifs is 1. The van der Waals surface area contributed by atoms with Gasteiger partial charge in [-0.15, -0.1) is 0 Å². The molecule has 1 aromatic carbocycles. The molecule has 0 aliphatic carbocycles. The maximum absolute atomic E-state index is 11.1. The Morgan fingerprint density at radius 1 is 1.28 bits per heavy atom. The summed E-state index contributed by atoms with van der Waals surface area (Å²) in [6.45, 7) is 4.22. The number of aromatic nitrogens is 2. The predicted molar refractivity (Wildman–Crippen MR) is 113 cm³/mol. The second-order valence-electron chi connectivity index (χ2n) is 7.51. The Morgan fingerprint density at radius 3 is 2.90 bits per heavy atom. The van der Waals surface area contributed by atoms with Crippen LogP contribution in [0.5, 0.6) is 0 Å². The van der Waals surface area contributed by atoms with Crippen molar-refractivity contribution in [2.75, 3.05) is 13.1 Å². The van der Waals surface area contributed by atoms with E-state index in [1.54, 1.807) is 11.6 Å². The number of benzene rings is 1. The summed E-state index contributed by atoms with van der Waals surface area (Å²) in [5.74, 6) is -0.529. The molecule has 2 N–H and O–H groups in total. The second kappa shape index (κ2) is 8.59. The summed E-state index contributed by atoms with van der Waals surface area (Å²) in [5.41, 5.74) is 7.48. The van der Waals surface area contributed by atoms with E-state index in [0.29, 0.717) is 6.04 Å². The molecule has 2 aromatic heterocycles. The van der Waals surface area contributed by atoms with Crippen LogP contribution in [0.1, 0.15) is 41.3 Å². The van der Waals surface area contributed by atoms with Gasteiger partial charge in [0.25, 0.3) is 5.91 Å².